The molecule has 0 aliphatic heterocycles. The number of hydrogen-bond donors (Lipinski definition) is 2. The lowest BCUT2D eigenvalue weighted by molar-refractivity contribution is -0.115. The van der Waals surface area contributed by atoms with Crippen LogP contribution in [-0.2, 0) is 35.2 Å². The van der Waals surface area contributed by atoms with Gasteiger partial charge >= 0.3 is 6.09 Å². The fraction of sp³-hybridized carbons (Fsp3) is 0.409. The summed E-state index contributed by atoms with van der Waals surface area (Å²) >= 11 is 1.43. The van der Waals surface area contributed by atoms with E-state index in [1.165, 1.54) is 16.9 Å². The molecule has 1 aliphatic rings. The second kappa shape index (κ2) is 9.69. The fourth-order valence-electron chi connectivity index (χ4n) is 3.47. The van der Waals surface area contributed by atoms with Crippen LogP contribution in [0.5, 0.6) is 0 Å². The molecule has 0 atom stereocenters. The minimum absolute atomic E-state index is 0.182. The number of carbonyl (C=O) groups excluding carboxylic acids is 3. The van der Waals surface area contributed by atoms with Crippen molar-refractivity contribution in [3.05, 3.63) is 51.4 Å². The Bertz CT molecular complexity index is 902. The molecule has 1 aromatic carbocycles. The van der Waals surface area contributed by atoms with E-state index in [0.29, 0.717) is 10.6 Å². The number of nitrogens with one attached hydrogen (secondary N) is 2. The molecule has 3 amide bonds. The Hall–Kier alpha value is -2.67. The molecule has 0 unspecified atom stereocenters. The average molecular weight is 415 g/mol. The number of hydrogen-bond acceptors (Lipinski definition) is 5. The molecule has 1 aliphatic carbocycles. The van der Waals surface area contributed by atoms with Crippen LogP contribution in [0.25, 0.3) is 0 Å². The Kier molecular flexibility index (Phi) is 7.04. The first-order chi connectivity index (χ1) is 14.0. The molecule has 0 bridgehead atoms. The van der Waals surface area contributed by atoms with E-state index < -0.39 is 12.0 Å². The molecule has 0 spiro atoms. The summed E-state index contributed by atoms with van der Waals surface area (Å²) in [4.78, 5) is 38.2. The molecule has 2 N–H and O–H groups in total. The van der Waals surface area contributed by atoms with Crippen molar-refractivity contribution in [1.29, 1.82) is 0 Å². The van der Waals surface area contributed by atoms with Gasteiger partial charge in [0, 0.05) is 4.88 Å². The highest BCUT2D eigenvalue weighted by Crippen LogP contribution is 2.38. The van der Waals surface area contributed by atoms with Gasteiger partial charge in [-0.1, -0.05) is 31.2 Å². The lowest BCUT2D eigenvalue weighted by Gasteiger charge is -2.13. The number of anilines is 1. The van der Waals surface area contributed by atoms with E-state index in [1.54, 1.807) is 6.92 Å². The molecule has 154 valence electrons. The maximum atomic E-state index is 12.7. The molecule has 7 heteroatoms. The number of benzene rings is 1. The predicted molar refractivity (Wildman–Crippen MR) is 114 cm³/mol. The Morgan fingerprint density at radius 3 is 2.41 bits per heavy atom. The standard InChI is InChI=1S/C22H26N2O4S/c1-3-14-9-11-15(12-10-14)13-18(25)23-21-19(20(26)24-22(27)28-4-2)16-7-5-6-8-17(16)29-21/h9-12H,3-8,13H2,1-2H3,(H,23,25)(H,24,26,27). The number of fused-ring (bicyclic) bond motifs is 1. The van der Waals surface area contributed by atoms with Gasteiger partial charge in [-0.25, -0.2) is 4.79 Å². The van der Waals surface area contributed by atoms with E-state index in [2.05, 4.69) is 17.6 Å². The highest BCUT2D eigenvalue weighted by atomic mass is 32.1. The van der Waals surface area contributed by atoms with Gasteiger partial charge in [0.2, 0.25) is 5.91 Å². The first kappa shape index (κ1) is 21.0. The average Bonchev–Trinajstić information content (AvgIpc) is 3.06. The SMILES string of the molecule is CCOC(=O)NC(=O)c1c(NC(=O)Cc2ccc(CC)cc2)sc2c1CCCC2. The van der Waals surface area contributed by atoms with E-state index in [1.807, 2.05) is 24.3 Å². The first-order valence-corrected chi connectivity index (χ1v) is 10.8. The third-order valence-corrected chi connectivity index (χ3v) is 6.15. The van der Waals surface area contributed by atoms with Crippen LogP contribution in [-0.4, -0.2) is 24.5 Å². The second-order valence-electron chi connectivity index (χ2n) is 6.98. The van der Waals surface area contributed by atoms with Crippen molar-refractivity contribution < 1.29 is 19.1 Å². The summed E-state index contributed by atoms with van der Waals surface area (Å²) in [5.74, 6) is -0.705. The van der Waals surface area contributed by atoms with Crippen molar-refractivity contribution in [1.82, 2.24) is 5.32 Å². The number of carbonyl (C=O) groups is 3. The van der Waals surface area contributed by atoms with Crippen LogP contribution in [0.1, 0.15) is 58.6 Å². The van der Waals surface area contributed by atoms with Gasteiger partial charge in [0.05, 0.1) is 18.6 Å². The molecule has 3 rings (SSSR count). The summed E-state index contributed by atoms with van der Waals surface area (Å²) in [7, 11) is 0. The van der Waals surface area contributed by atoms with Gasteiger partial charge in [-0.05, 0) is 55.7 Å². The minimum Gasteiger partial charge on any atom is -0.450 e. The van der Waals surface area contributed by atoms with Crippen LogP contribution in [0.2, 0.25) is 0 Å². The summed E-state index contributed by atoms with van der Waals surface area (Å²) in [6, 6.07) is 7.94. The quantitative estimate of drug-likeness (QED) is 0.740. The Morgan fingerprint density at radius 2 is 1.72 bits per heavy atom. The second-order valence-corrected chi connectivity index (χ2v) is 8.09. The van der Waals surface area contributed by atoms with E-state index in [4.69, 9.17) is 4.74 Å². The summed E-state index contributed by atoms with van der Waals surface area (Å²) in [6.45, 7) is 3.94. The smallest absolute Gasteiger partial charge is 0.414 e. The van der Waals surface area contributed by atoms with Crippen molar-refractivity contribution in [3.63, 3.8) is 0 Å². The normalized spacial score (nSPS) is 12.8. The van der Waals surface area contributed by atoms with Crippen molar-refractivity contribution in [2.24, 2.45) is 0 Å². The van der Waals surface area contributed by atoms with Crippen LogP contribution in [0.15, 0.2) is 24.3 Å². The zero-order valence-electron chi connectivity index (χ0n) is 16.8. The Morgan fingerprint density at radius 1 is 1.03 bits per heavy atom. The van der Waals surface area contributed by atoms with Gasteiger partial charge in [0.25, 0.3) is 5.91 Å². The molecular formula is C22H26N2O4S. The molecule has 1 heterocycles. The molecular weight excluding hydrogens is 388 g/mol. The summed E-state index contributed by atoms with van der Waals surface area (Å²) < 4.78 is 4.82. The maximum Gasteiger partial charge on any atom is 0.414 e. The predicted octanol–water partition coefficient (Wildman–Crippen LogP) is 4.26. The third-order valence-electron chi connectivity index (χ3n) is 4.94. The molecule has 0 fully saturated rings. The minimum atomic E-state index is -0.776. The van der Waals surface area contributed by atoms with Gasteiger partial charge in [-0.15, -0.1) is 11.3 Å². The summed E-state index contributed by atoms with van der Waals surface area (Å²) in [5, 5.41) is 5.67. The van der Waals surface area contributed by atoms with Crippen molar-refractivity contribution in [2.45, 2.75) is 52.4 Å². The van der Waals surface area contributed by atoms with Gasteiger partial charge in [-0.3, -0.25) is 14.9 Å². The molecule has 0 saturated carbocycles. The Balaban J connectivity index is 1.78. The molecule has 29 heavy (non-hydrogen) atoms. The van der Waals surface area contributed by atoms with Crippen LogP contribution in [0.3, 0.4) is 0 Å². The summed E-state index contributed by atoms with van der Waals surface area (Å²) in [5.41, 5.74) is 3.47. The summed E-state index contributed by atoms with van der Waals surface area (Å²) in [6.07, 6.45) is 4.10. The number of amides is 3. The lowest BCUT2D eigenvalue weighted by atomic mass is 9.95. The van der Waals surface area contributed by atoms with Crippen LogP contribution in [0.4, 0.5) is 9.80 Å². The van der Waals surface area contributed by atoms with Crippen molar-refractivity contribution in [3.8, 4) is 0 Å². The van der Waals surface area contributed by atoms with Crippen molar-refractivity contribution in [2.75, 3.05) is 11.9 Å². The number of ether oxygens (including phenoxy) is 1. The molecule has 2 aromatic rings. The lowest BCUT2D eigenvalue weighted by Crippen LogP contribution is -2.32. The van der Waals surface area contributed by atoms with Crippen molar-refractivity contribution >= 4 is 34.2 Å². The third kappa shape index (κ3) is 5.23. The number of thiophene rings is 1. The number of imide groups is 1. The van der Waals surface area contributed by atoms with Crippen LogP contribution < -0.4 is 10.6 Å². The van der Waals surface area contributed by atoms with Gasteiger partial charge in [0.1, 0.15) is 5.00 Å². The highest BCUT2D eigenvalue weighted by molar-refractivity contribution is 7.17. The van der Waals surface area contributed by atoms with Gasteiger partial charge in [0.15, 0.2) is 0 Å². The van der Waals surface area contributed by atoms with E-state index in [0.717, 1.165) is 48.1 Å². The molecule has 1 aromatic heterocycles. The van der Waals surface area contributed by atoms with E-state index in [9.17, 15) is 14.4 Å². The molecule has 0 radical (unpaired) electrons. The monoisotopic (exact) mass is 414 g/mol. The number of rotatable bonds is 6. The van der Waals surface area contributed by atoms with Crippen LogP contribution in [0, 0.1) is 0 Å². The zero-order valence-corrected chi connectivity index (χ0v) is 17.6. The van der Waals surface area contributed by atoms with Gasteiger partial charge < -0.3 is 10.1 Å². The largest absolute Gasteiger partial charge is 0.450 e. The Labute approximate surface area is 174 Å². The number of aryl methyl sites for hydroxylation is 2. The molecule has 0 saturated heterocycles. The van der Waals surface area contributed by atoms with Gasteiger partial charge in [-0.2, -0.15) is 0 Å². The van der Waals surface area contributed by atoms with E-state index in [-0.39, 0.29) is 18.9 Å². The van der Waals surface area contributed by atoms with E-state index >= 15 is 0 Å². The zero-order chi connectivity index (χ0) is 20.8. The highest BCUT2D eigenvalue weighted by Gasteiger charge is 2.27. The fourth-order valence-corrected chi connectivity index (χ4v) is 4.77. The number of alkyl carbamates (subject to hydrolysis) is 1. The first-order valence-electron chi connectivity index (χ1n) is 10.0. The maximum absolute atomic E-state index is 12.7. The molecule has 6 nitrogen and oxygen atoms in total. The van der Waals surface area contributed by atoms with Crippen LogP contribution >= 0.6 is 11.3 Å². The topological polar surface area (TPSA) is 84.5 Å².